The Balaban J connectivity index is 0.881. The standard InChI is InChI=1S/C57H69N7O15/c1-5-41-48(77-45(68)29-28-44(66)67)50(53(75-41)64-36-61-46-51(62-35-63(3)4)59-34-60-52(46)64)72-31-19-7-6-18-30-58-43(65)27-17-20-32-73-57-37(2)47(78-55(70)39-23-13-9-14-24-39)49(79-56(71)40-25-15-10-16-26-40)42(76-57)33-74-54(69)38-21-11-8-12-22-38/h8-16,21-26,34-37,41-42,47-50,53,57H,5-7,17-20,27-33H2,1-4H3,(H,58,65)(H,66,67)/b62-35-/t37-,41-,42-,47-,48?,49+,50+,53-,57-/m1/s1. The second-order valence-corrected chi connectivity index (χ2v) is 19.3. The lowest BCUT2D eigenvalue weighted by molar-refractivity contribution is -0.281. The highest BCUT2D eigenvalue weighted by molar-refractivity contribution is 5.91. The number of nitrogens with one attached hydrogen (secondary N) is 1. The quantitative estimate of drug-likeness (QED) is 0.0160. The van der Waals surface area contributed by atoms with Gasteiger partial charge in [-0.15, -0.1) is 0 Å². The monoisotopic (exact) mass is 1090 g/mol. The second-order valence-electron chi connectivity index (χ2n) is 19.3. The van der Waals surface area contributed by atoms with E-state index in [1.807, 2.05) is 21.0 Å². The Labute approximate surface area is 458 Å². The van der Waals surface area contributed by atoms with Crippen LogP contribution in [0.2, 0.25) is 0 Å². The molecular formula is C57H69N7O15. The van der Waals surface area contributed by atoms with Crippen LogP contribution in [0.15, 0.2) is 109 Å². The number of amides is 1. The molecule has 22 nitrogen and oxygen atoms in total. The number of hydrogen-bond donors (Lipinski definition) is 2. The first-order valence-corrected chi connectivity index (χ1v) is 26.7. The molecule has 3 aromatic carbocycles. The molecule has 7 rings (SSSR count). The Kier molecular flexibility index (Phi) is 22.3. The van der Waals surface area contributed by atoms with E-state index in [2.05, 4.69) is 25.3 Å². The van der Waals surface area contributed by atoms with E-state index in [1.54, 1.807) is 120 Å². The maximum atomic E-state index is 13.6. The smallest absolute Gasteiger partial charge is 0.338 e. The molecule has 2 saturated heterocycles. The summed E-state index contributed by atoms with van der Waals surface area (Å²) >= 11 is 0. The van der Waals surface area contributed by atoms with Gasteiger partial charge in [-0.2, -0.15) is 0 Å². The number of unbranched alkanes of at least 4 members (excludes halogenated alkanes) is 4. The highest BCUT2D eigenvalue weighted by Gasteiger charge is 2.50. The predicted molar refractivity (Wildman–Crippen MR) is 285 cm³/mol. The van der Waals surface area contributed by atoms with Crippen molar-refractivity contribution in [3.63, 3.8) is 0 Å². The van der Waals surface area contributed by atoms with E-state index in [4.69, 9.17) is 43.0 Å². The summed E-state index contributed by atoms with van der Waals surface area (Å²) in [4.78, 5) is 96.6. The van der Waals surface area contributed by atoms with Crippen LogP contribution in [0.4, 0.5) is 5.82 Å². The first-order chi connectivity index (χ1) is 38.3. The molecule has 4 heterocycles. The summed E-state index contributed by atoms with van der Waals surface area (Å²) in [5, 5.41) is 12.2. The van der Waals surface area contributed by atoms with Crippen LogP contribution in [0, 0.1) is 5.92 Å². The van der Waals surface area contributed by atoms with Crippen molar-refractivity contribution in [2.24, 2.45) is 10.9 Å². The lowest BCUT2D eigenvalue weighted by atomic mass is 9.91. The van der Waals surface area contributed by atoms with Crippen LogP contribution in [-0.2, 0) is 52.3 Å². The van der Waals surface area contributed by atoms with Gasteiger partial charge in [0.15, 0.2) is 41.7 Å². The average molecular weight is 1090 g/mol. The number of carbonyl (C=O) groups excluding carboxylic acids is 5. The summed E-state index contributed by atoms with van der Waals surface area (Å²) in [5.41, 5.74) is 1.74. The van der Waals surface area contributed by atoms with Crippen LogP contribution in [0.25, 0.3) is 11.2 Å². The first-order valence-electron chi connectivity index (χ1n) is 26.7. The minimum atomic E-state index is -1.20. The third kappa shape index (κ3) is 16.9. The van der Waals surface area contributed by atoms with Crippen molar-refractivity contribution >= 4 is 59.1 Å². The Bertz CT molecular complexity index is 2800. The van der Waals surface area contributed by atoms with Gasteiger partial charge in [0, 0.05) is 46.2 Å². The van der Waals surface area contributed by atoms with E-state index in [9.17, 15) is 28.8 Å². The maximum Gasteiger partial charge on any atom is 0.338 e. The molecule has 2 fully saturated rings. The van der Waals surface area contributed by atoms with E-state index in [0.717, 1.165) is 19.3 Å². The van der Waals surface area contributed by atoms with Gasteiger partial charge < -0.3 is 53.2 Å². The Morgan fingerprint density at radius 2 is 1.29 bits per heavy atom. The number of aliphatic imine (C=N–C) groups is 1. The van der Waals surface area contributed by atoms with Crippen molar-refractivity contribution in [2.75, 3.05) is 40.5 Å². The highest BCUT2D eigenvalue weighted by atomic mass is 16.7. The van der Waals surface area contributed by atoms with E-state index < -0.39 is 84.9 Å². The number of carboxylic acid groups (broad SMARTS) is 1. The fraction of sp³-hybridized carbons (Fsp3) is 0.474. The average Bonchev–Trinajstić information content (AvgIpc) is 4.28. The first kappa shape index (κ1) is 59.0. The molecule has 1 amide bonds. The summed E-state index contributed by atoms with van der Waals surface area (Å²) in [7, 11) is 3.67. The number of fused-ring (bicyclic) bond motifs is 1. The van der Waals surface area contributed by atoms with Crippen LogP contribution >= 0.6 is 0 Å². The van der Waals surface area contributed by atoms with Gasteiger partial charge in [-0.3, -0.25) is 19.0 Å². The van der Waals surface area contributed by atoms with Crippen LogP contribution in [0.5, 0.6) is 0 Å². The molecule has 1 unspecified atom stereocenters. The maximum absolute atomic E-state index is 13.6. The number of imidazole rings is 1. The molecule has 422 valence electrons. The van der Waals surface area contributed by atoms with Gasteiger partial charge in [-0.25, -0.2) is 34.3 Å². The number of ether oxygens (including phenoxy) is 8. The molecule has 9 atom stereocenters. The molecule has 0 spiro atoms. The summed E-state index contributed by atoms with van der Waals surface area (Å²) < 4.78 is 50.9. The van der Waals surface area contributed by atoms with Gasteiger partial charge >= 0.3 is 29.8 Å². The molecule has 0 bridgehead atoms. The van der Waals surface area contributed by atoms with Crippen LogP contribution in [0.3, 0.4) is 0 Å². The van der Waals surface area contributed by atoms with Gasteiger partial charge in [0.1, 0.15) is 31.2 Å². The number of benzene rings is 3. The zero-order valence-electron chi connectivity index (χ0n) is 44.8. The Hall–Kier alpha value is -7.66. The normalized spacial score (nSPS) is 21.8. The van der Waals surface area contributed by atoms with Crippen molar-refractivity contribution in [3.05, 3.63) is 120 Å². The molecule has 0 saturated carbocycles. The van der Waals surface area contributed by atoms with Crippen LogP contribution < -0.4 is 5.32 Å². The Morgan fingerprint density at radius 1 is 0.684 bits per heavy atom. The molecule has 0 radical (unpaired) electrons. The molecule has 2 aromatic heterocycles. The number of carbonyl (C=O) groups is 6. The number of aliphatic carboxylic acids is 1. The second kappa shape index (κ2) is 29.9. The van der Waals surface area contributed by atoms with Crippen molar-refractivity contribution < 1.29 is 71.8 Å². The number of hydrogen-bond acceptors (Lipinski definition) is 18. The van der Waals surface area contributed by atoms with Crippen molar-refractivity contribution in [2.45, 2.75) is 127 Å². The van der Waals surface area contributed by atoms with Crippen LogP contribution in [0.1, 0.15) is 115 Å². The summed E-state index contributed by atoms with van der Waals surface area (Å²) in [6, 6.07) is 25.1. The number of nitrogens with zero attached hydrogens (tertiary/aromatic N) is 6. The number of esters is 4. The third-order valence-electron chi connectivity index (χ3n) is 13.1. The minimum Gasteiger partial charge on any atom is -0.481 e. The fourth-order valence-corrected chi connectivity index (χ4v) is 9.02. The Morgan fingerprint density at radius 3 is 1.94 bits per heavy atom. The number of aromatic nitrogens is 4. The summed E-state index contributed by atoms with van der Waals surface area (Å²) in [5.74, 6) is -4.17. The summed E-state index contributed by atoms with van der Waals surface area (Å²) in [6.45, 7) is 4.25. The molecule has 2 aliphatic heterocycles. The van der Waals surface area contributed by atoms with E-state index in [-0.39, 0.29) is 49.5 Å². The summed E-state index contributed by atoms with van der Waals surface area (Å²) in [6.07, 6.45) is 1.21. The van der Waals surface area contributed by atoms with Crippen LogP contribution in [-0.4, -0.2) is 155 Å². The number of rotatable bonds is 29. The molecule has 79 heavy (non-hydrogen) atoms. The van der Waals surface area contributed by atoms with Crippen molar-refractivity contribution in [3.8, 4) is 0 Å². The van der Waals surface area contributed by atoms with E-state index in [0.29, 0.717) is 61.4 Å². The van der Waals surface area contributed by atoms with Gasteiger partial charge in [0.25, 0.3) is 0 Å². The zero-order chi connectivity index (χ0) is 56.1. The van der Waals surface area contributed by atoms with Gasteiger partial charge in [0.05, 0.1) is 48.3 Å². The molecule has 5 aromatic rings. The fourth-order valence-electron chi connectivity index (χ4n) is 9.02. The predicted octanol–water partition coefficient (Wildman–Crippen LogP) is 7.05. The molecular weight excluding hydrogens is 1020 g/mol. The number of carboxylic acids is 1. The molecule has 2 N–H and O–H groups in total. The zero-order valence-corrected chi connectivity index (χ0v) is 44.8. The van der Waals surface area contributed by atoms with E-state index >= 15 is 0 Å². The topological polar surface area (TPSA) is 268 Å². The third-order valence-corrected chi connectivity index (χ3v) is 13.1. The van der Waals surface area contributed by atoms with Gasteiger partial charge in [-0.1, -0.05) is 81.3 Å². The van der Waals surface area contributed by atoms with Gasteiger partial charge in [-0.05, 0) is 68.5 Å². The lowest BCUT2D eigenvalue weighted by Gasteiger charge is -2.44. The van der Waals surface area contributed by atoms with E-state index in [1.165, 1.54) is 6.33 Å². The SMILES string of the molecule is CC[C@H]1O[C@@H](n2cnc3c(/N=C\N(C)C)ncnc32)[C@@H](OCCCCCCNC(=O)CCCCO[C@@H]2O[C@H](COC(=O)c3ccccc3)[C@H](OC(=O)c3ccccc3)[C@H](OC(=O)c3ccccc3)[C@H]2C)C1OC(=O)CCC(=O)O. The van der Waals surface area contributed by atoms with Crippen molar-refractivity contribution in [1.82, 2.24) is 29.7 Å². The molecule has 2 aliphatic rings. The highest BCUT2D eigenvalue weighted by Crippen LogP contribution is 2.38. The lowest BCUT2D eigenvalue weighted by Crippen LogP contribution is -2.58. The molecule has 22 heteroatoms. The van der Waals surface area contributed by atoms with Crippen molar-refractivity contribution in [1.29, 1.82) is 0 Å². The minimum absolute atomic E-state index is 0.113. The van der Waals surface area contributed by atoms with Gasteiger partial charge in [0.2, 0.25) is 5.91 Å². The largest absolute Gasteiger partial charge is 0.481 e. The molecule has 0 aliphatic carbocycles.